The lowest BCUT2D eigenvalue weighted by molar-refractivity contribution is -0.143. The molecule has 1 heterocycles. The highest BCUT2D eigenvalue weighted by molar-refractivity contribution is 5.78. The first-order valence-electron chi connectivity index (χ1n) is 3.75. The van der Waals surface area contributed by atoms with Crippen LogP contribution in [-0.2, 0) is 9.53 Å². The first-order valence-corrected chi connectivity index (χ1v) is 3.75. The molecule has 1 fully saturated rings. The number of carboxylic acid groups (broad SMARTS) is 1. The Morgan fingerprint density at radius 3 is 2.82 bits per heavy atom. The van der Waals surface area contributed by atoms with Gasteiger partial charge in [-0.1, -0.05) is 0 Å². The number of ether oxygens (including phenoxy) is 1. The number of hydrogen-bond acceptors (Lipinski definition) is 3. The van der Waals surface area contributed by atoms with Crippen molar-refractivity contribution in [2.75, 3.05) is 13.2 Å². The van der Waals surface area contributed by atoms with Gasteiger partial charge in [-0.25, -0.2) is 0 Å². The predicted octanol–water partition coefficient (Wildman–Crippen LogP) is -0.0310. The van der Waals surface area contributed by atoms with Crippen LogP contribution in [0.3, 0.4) is 0 Å². The van der Waals surface area contributed by atoms with Crippen LogP contribution in [0.1, 0.15) is 19.3 Å². The van der Waals surface area contributed by atoms with Crippen molar-refractivity contribution in [3.63, 3.8) is 0 Å². The molecule has 0 saturated carbocycles. The summed E-state index contributed by atoms with van der Waals surface area (Å²) >= 11 is 0. The Balaban J connectivity index is 2.59. The zero-order valence-corrected chi connectivity index (χ0v) is 6.38. The van der Waals surface area contributed by atoms with Crippen molar-refractivity contribution in [1.29, 1.82) is 0 Å². The molecule has 4 heteroatoms. The smallest absolute Gasteiger partial charge is 0.323 e. The fourth-order valence-electron chi connectivity index (χ4n) is 1.18. The van der Waals surface area contributed by atoms with Gasteiger partial charge in [-0.05, 0) is 19.3 Å². The lowest BCUT2D eigenvalue weighted by Crippen LogP contribution is -2.48. The van der Waals surface area contributed by atoms with Crippen molar-refractivity contribution in [1.82, 2.24) is 0 Å². The second-order valence-corrected chi connectivity index (χ2v) is 2.93. The molecular formula is C7H13NO3. The quantitative estimate of drug-likeness (QED) is 0.563. The lowest BCUT2D eigenvalue weighted by Gasteiger charge is -2.20. The fourth-order valence-corrected chi connectivity index (χ4v) is 1.18. The van der Waals surface area contributed by atoms with Gasteiger partial charge in [-0.15, -0.1) is 0 Å². The molecule has 0 aromatic heterocycles. The minimum atomic E-state index is -1.05. The molecule has 4 nitrogen and oxygen atoms in total. The van der Waals surface area contributed by atoms with E-state index in [1.807, 2.05) is 0 Å². The normalized spacial score (nSPS) is 32.8. The van der Waals surface area contributed by atoms with Crippen molar-refractivity contribution in [2.24, 2.45) is 5.73 Å². The van der Waals surface area contributed by atoms with E-state index in [1.165, 1.54) is 0 Å². The Morgan fingerprint density at radius 1 is 1.45 bits per heavy atom. The zero-order chi connectivity index (χ0) is 8.32. The molecule has 0 amide bonds. The van der Waals surface area contributed by atoms with Gasteiger partial charge in [0.2, 0.25) is 0 Å². The Morgan fingerprint density at radius 2 is 2.18 bits per heavy atom. The maximum atomic E-state index is 10.6. The molecule has 0 spiro atoms. The zero-order valence-electron chi connectivity index (χ0n) is 6.38. The van der Waals surface area contributed by atoms with Crippen molar-refractivity contribution in [2.45, 2.75) is 24.8 Å². The summed E-state index contributed by atoms with van der Waals surface area (Å²) in [6, 6.07) is 0. The van der Waals surface area contributed by atoms with E-state index in [-0.39, 0.29) is 0 Å². The molecule has 11 heavy (non-hydrogen) atoms. The number of nitrogens with two attached hydrogens (primary N) is 1. The van der Waals surface area contributed by atoms with E-state index in [0.29, 0.717) is 26.1 Å². The SMILES string of the molecule is NC1(C(=O)O)CCCOCC1. The van der Waals surface area contributed by atoms with Crippen LogP contribution in [0.2, 0.25) is 0 Å². The fraction of sp³-hybridized carbons (Fsp3) is 0.857. The van der Waals surface area contributed by atoms with Crippen molar-refractivity contribution in [3.05, 3.63) is 0 Å². The van der Waals surface area contributed by atoms with Gasteiger partial charge in [0.15, 0.2) is 0 Å². The minimum absolute atomic E-state index is 0.419. The first kappa shape index (κ1) is 8.49. The van der Waals surface area contributed by atoms with E-state index < -0.39 is 11.5 Å². The maximum absolute atomic E-state index is 10.6. The molecule has 1 aliphatic rings. The van der Waals surface area contributed by atoms with E-state index in [1.54, 1.807) is 0 Å². The van der Waals surface area contributed by atoms with Crippen LogP contribution in [0.25, 0.3) is 0 Å². The van der Waals surface area contributed by atoms with E-state index in [9.17, 15) is 4.79 Å². The van der Waals surface area contributed by atoms with Crippen molar-refractivity contribution < 1.29 is 14.6 Å². The van der Waals surface area contributed by atoms with Crippen LogP contribution in [0.5, 0.6) is 0 Å². The van der Waals surface area contributed by atoms with Crippen molar-refractivity contribution in [3.8, 4) is 0 Å². The summed E-state index contributed by atoms with van der Waals surface area (Å²) in [7, 11) is 0. The molecular weight excluding hydrogens is 146 g/mol. The summed E-state index contributed by atoms with van der Waals surface area (Å²) in [5, 5.41) is 8.74. The second-order valence-electron chi connectivity index (χ2n) is 2.93. The molecule has 3 N–H and O–H groups in total. The van der Waals surface area contributed by atoms with Crippen LogP contribution in [0.4, 0.5) is 0 Å². The monoisotopic (exact) mass is 159 g/mol. The van der Waals surface area contributed by atoms with Gasteiger partial charge < -0.3 is 15.6 Å². The van der Waals surface area contributed by atoms with Crippen LogP contribution < -0.4 is 5.73 Å². The number of aliphatic carboxylic acids is 1. The van der Waals surface area contributed by atoms with Gasteiger partial charge in [0.25, 0.3) is 0 Å². The van der Waals surface area contributed by atoms with Gasteiger partial charge >= 0.3 is 5.97 Å². The van der Waals surface area contributed by atoms with Crippen LogP contribution in [0, 0.1) is 0 Å². The summed E-state index contributed by atoms with van der Waals surface area (Å²) in [5.41, 5.74) is 4.58. The van der Waals surface area contributed by atoms with Crippen molar-refractivity contribution >= 4 is 5.97 Å². The lowest BCUT2D eigenvalue weighted by atomic mass is 9.92. The maximum Gasteiger partial charge on any atom is 0.323 e. The standard InChI is InChI=1S/C7H13NO3/c8-7(6(9)10)2-1-4-11-5-3-7/h1-5,8H2,(H,9,10). The molecule has 1 atom stereocenters. The van der Waals surface area contributed by atoms with Gasteiger partial charge in [0, 0.05) is 13.2 Å². The summed E-state index contributed by atoms with van der Waals surface area (Å²) in [6.07, 6.45) is 1.67. The first-order chi connectivity index (χ1) is 5.15. The summed E-state index contributed by atoms with van der Waals surface area (Å²) in [4.78, 5) is 10.6. The number of carboxylic acids is 1. The Kier molecular flexibility index (Phi) is 2.46. The average molecular weight is 159 g/mol. The highest BCUT2D eigenvalue weighted by atomic mass is 16.5. The highest BCUT2D eigenvalue weighted by Crippen LogP contribution is 2.18. The van der Waals surface area contributed by atoms with E-state index in [4.69, 9.17) is 15.6 Å². The third-order valence-corrected chi connectivity index (χ3v) is 2.03. The number of carbonyl (C=O) groups is 1. The second kappa shape index (κ2) is 3.19. The van der Waals surface area contributed by atoms with E-state index >= 15 is 0 Å². The molecule has 1 unspecified atom stereocenters. The highest BCUT2D eigenvalue weighted by Gasteiger charge is 2.34. The molecule has 0 radical (unpaired) electrons. The summed E-state index contributed by atoms with van der Waals surface area (Å²) in [6.45, 7) is 1.09. The molecule has 1 rings (SSSR count). The number of rotatable bonds is 1. The Bertz CT molecular complexity index is 150. The summed E-state index contributed by atoms with van der Waals surface area (Å²) < 4.78 is 5.10. The Labute approximate surface area is 65.3 Å². The van der Waals surface area contributed by atoms with E-state index in [0.717, 1.165) is 6.42 Å². The predicted molar refractivity (Wildman–Crippen MR) is 39.2 cm³/mol. The minimum Gasteiger partial charge on any atom is -0.480 e. The van der Waals surface area contributed by atoms with Crippen LogP contribution >= 0.6 is 0 Å². The van der Waals surface area contributed by atoms with Crippen LogP contribution in [0.15, 0.2) is 0 Å². The third-order valence-electron chi connectivity index (χ3n) is 2.03. The molecule has 0 bridgehead atoms. The largest absolute Gasteiger partial charge is 0.480 e. The molecule has 64 valence electrons. The van der Waals surface area contributed by atoms with Gasteiger partial charge in [0.05, 0.1) is 0 Å². The molecule has 0 aromatic carbocycles. The van der Waals surface area contributed by atoms with Gasteiger partial charge in [-0.2, -0.15) is 0 Å². The topological polar surface area (TPSA) is 72.6 Å². The van der Waals surface area contributed by atoms with Crippen LogP contribution in [-0.4, -0.2) is 29.8 Å². The Hall–Kier alpha value is -0.610. The average Bonchev–Trinajstić information content (AvgIpc) is 2.15. The molecule has 1 saturated heterocycles. The molecule has 1 aliphatic heterocycles. The van der Waals surface area contributed by atoms with Gasteiger partial charge in [0.1, 0.15) is 5.54 Å². The van der Waals surface area contributed by atoms with Gasteiger partial charge in [-0.3, -0.25) is 4.79 Å². The third kappa shape index (κ3) is 1.91. The summed E-state index contributed by atoms with van der Waals surface area (Å²) in [5.74, 6) is -0.914. The van der Waals surface area contributed by atoms with E-state index in [2.05, 4.69) is 0 Å². The molecule has 0 aliphatic carbocycles. The molecule has 0 aromatic rings. The number of hydrogen-bond donors (Lipinski definition) is 2.